The van der Waals surface area contributed by atoms with Gasteiger partial charge in [0, 0.05) is 21.2 Å². The van der Waals surface area contributed by atoms with Gasteiger partial charge in [-0.05, 0) is 19.1 Å². The van der Waals surface area contributed by atoms with E-state index in [-0.39, 0.29) is 11.9 Å². The molecule has 0 saturated heterocycles. The number of anilines is 2. The van der Waals surface area contributed by atoms with Crippen molar-refractivity contribution in [2.75, 3.05) is 36.6 Å². The van der Waals surface area contributed by atoms with Gasteiger partial charge in [-0.25, -0.2) is 8.42 Å². The van der Waals surface area contributed by atoms with Crippen LogP contribution in [0.4, 0.5) is 11.4 Å². The highest BCUT2D eigenvalue weighted by Gasteiger charge is 2.17. The topological polar surface area (TPSA) is 58.6 Å². The normalized spacial score (nSPS) is 13.1. The Bertz CT molecular complexity index is 486. The maximum absolute atomic E-state index is 11.9. The highest BCUT2D eigenvalue weighted by atomic mass is 32.2. The fourth-order valence-corrected chi connectivity index (χ4v) is 2.88. The molecule has 1 rings (SSSR count). The van der Waals surface area contributed by atoms with Crippen molar-refractivity contribution in [2.45, 2.75) is 13.0 Å². The number of ether oxygens (including phenoxy) is 1. The average molecular weight is 272 g/mol. The first-order valence-corrected chi connectivity index (χ1v) is 7.30. The minimum absolute atomic E-state index is 0.0642. The highest BCUT2D eigenvalue weighted by Crippen LogP contribution is 2.24. The van der Waals surface area contributed by atoms with Gasteiger partial charge < -0.3 is 9.64 Å². The molecule has 0 aliphatic carbocycles. The third kappa shape index (κ3) is 4.19. The number of sulfonamides is 1. The number of rotatable bonds is 6. The van der Waals surface area contributed by atoms with Gasteiger partial charge in [-0.2, -0.15) is 0 Å². The van der Waals surface area contributed by atoms with Gasteiger partial charge in [-0.1, -0.05) is 12.1 Å². The predicted molar refractivity (Wildman–Crippen MR) is 74.6 cm³/mol. The van der Waals surface area contributed by atoms with Crippen LogP contribution in [-0.2, 0) is 14.8 Å². The van der Waals surface area contributed by atoms with Crippen LogP contribution in [0.1, 0.15) is 6.92 Å². The van der Waals surface area contributed by atoms with Crippen molar-refractivity contribution >= 4 is 21.4 Å². The second-order valence-corrected chi connectivity index (χ2v) is 6.11. The van der Waals surface area contributed by atoms with Crippen LogP contribution in [0.2, 0.25) is 0 Å². The molecule has 6 heteroatoms. The van der Waals surface area contributed by atoms with Crippen molar-refractivity contribution in [3.63, 3.8) is 0 Å². The molecule has 1 unspecified atom stereocenters. The lowest BCUT2D eigenvalue weighted by molar-refractivity contribution is 0.136. The number of hydrogen-bond acceptors (Lipinski definition) is 4. The molecular weight excluding hydrogens is 252 g/mol. The summed E-state index contributed by atoms with van der Waals surface area (Å²) in [5, 5.41) is 0. The molecule has 0 radical (unpaired) electrons. The fourth-order valence-electron chi connectivity index (χ4n) is 1.54. The van der Waals surface area contributed by atoms with Gasteiger partial charge in [0.15, 0.2) is 0 Å². The Morgan fingerprint density at radius 3 is 2.50 bits per heavy atom. The van der Waals surface area contributed by atoms with E-state index in [1.807, 2.05) is 31.1 Å². The van der Waals surface area contributed by atoms with Gasteiger partial charge in [0.1, 0.15) is 0 Å². The molecular formula is C12H20N2O3S. The predicted octanol–water partition coefficient (Wildman–Crippen LogP) is 1.53. The zero-order chi connectivity index (χ0) is 13.8. The summed E-state index contributed by atoms with van der Waals surface area (Å²) in [6.07, 6.45) is -0.339. The van der Waals surface area contributed by atoms with Gasteiger partial charge in [-0.15, -0.1) is 0 Å². The summed E-state index contributed by atoms with van der Waals surface area (Å²) >= 11 is 0. The summed E-state index contributed by atoms with van der Waals surface area (Å²) in [4.78, 5) is 1.86. The molecule has 102 valence electrons. The fraction of sp³-hybridized carbons (Fsp3) is 0.500. The molecule has 0 heterocycles. The van der Waals surface area contributed by atoms with Crippen LogP contribution in [-0.4, -0.2) is 41.5 Å². The van der Waals surface area contributed by atoms with E-state index in [9.17, 15) is 8.42 Å². The molecule has 18 heavy (non-hydrogen) atoms. The van der Waals surface area contributed by atoms with Crippen LogP contribution in [0.3, 0.4) is 0 Å². The molecule has 1 aromatic carbocycles. The Hall–Kier alpha value is -1.27. The molecule has 1 aromatic rings. The molecule has 0 aliphatic rings. The Balaban J connectivity index is 2.91. The molecule has 1 atom stereocenters. The van der Waals surface area contributed by atoms with Gasteiger partial charge >= 0.3 is 0 Å². The second kappa shape index (κ2) is 6.06. The number of para-hydroxylation sites is 2. The van der Waals surface area contributed by atoms with Crippen molar-refractivity contribution in [1.29, 1.82) is 0 Å². The third-order valence-corrected chi connectivity index (χ3v) is 3.95. The SMILES string of the molecule is COC(C)CS(=O)(=O)Nc1ccccc1N(C)C. The second-order valence-electron chi connectivity index (χ2n) is 4.34. The lowest BCUT2D eigenvalue weighted by Crippen LogP contribution is -2.26. The van der Waals surface area contributed by atoms with E-state index in [0.717, 1.165) is 5.69 Å². The van der Waals surface area contributed by atoms with Crippen LogP contribution in [0.5, 0.6) is 0 Å². The molecule has 0 amide bonds. The van der Waals surface area contributed by atoms with E-state index in [0.29, 0.717) is 5.69 Å². The van der Waals surface area contributed by atoms with Crippen molar-refractivity contribution in [3.05, 3.63) is 24.3 Å². The van der Waals surface area contributed by atoms with Crippen LogP contribution in [0.15, 0.2) is 24.3 Å². The Kier molecular flexibility index (Phi) is 4.98. The molecule has 5 nitrogen and oxygen atoms in total. The van der Waals surface area contributed by atoms with E-state index in [4.69, 9.17) is 4.74 Å². The maximum Gasteiger partial charge on any atom is 0.235 e. The first-order valence-electron chi connectivity index (χ1n) is 5.65. The first kappa shape index (κ1) is 14.8. The summed E-state index contributed by atoms with van der Waals surface area (Å²) in [5.74, 6) is -0.0642. The smallest absolute Gasteiger partial charge is 0.235 e. The van der Waals surface area contributed by atoms with Gasteiger partial charge in [0.05, 0.1) is 23.2 Å². The quantitative estimate of drug-likeness (QED) is 0.853. The summed E-state index contributed by atoms with van der Waals surface area (Å²) in [6, 6.07) is 7.26. The average Bonchev–Trinajstić information content (AvgIpc) is 2.28. The van der Waals surface area contributed by atoms with Crippen molar-refractivity contribution in [1.82, 2.24) is 0 Å². The van der Waals surface area contributed by atoms with Gasteiger partial charge in [0.25, 0.3) is 0 Å². The summed E-state index contributed by atoms with van der Waals surface area (Å²) < 4.78 is 31.4. The largest absolute Gasteiger partial charge is 0.381 e. The molecule has 0 fully saturated rings. The summed E-state index contributed by atoms with van der Waals surface area (Å²) in [7, 11) is 1.82. The number of hydrogen-bond donors (Lipinski definition) is 1. The number of benzene rings is 1. The zero-order valence-electron chi connectivity index (χ0n) is 11.2. The number of nitrogens with one attached hydrogen (secondary N) is 1. The number of nitrogens with zero attached hydrogens (tertiary/aromatic N) is 1. The number of methoxy groups -OCH3 is 1. The Morgan fingerprint density at radius 2 is 1.94 bits per heavy atom. The van der Waals surface area contributed by atoms with Crippen LogP contribution in [0.25, 0.3) is 0 Å². The Morgan fingerprint density at radius 1 is 1.33 bits per heavy atom. The lowest BCUT2D eigenvalue weighted by atomic mass is 10.2. The minimum Gasteiger partial charge on any atom is -0.381 e. The van der Waals surface area contributed by atoms with Crippen molar-refractivity contribution in [3.8, 4) is 0 Å². The standard InChI is InChI=1S/C12H20N2O3S/c1-10(17-4)9-18(15,16)13-11-7-5-6-8-12(11)14(2)3/h5-8,10,13H,9H2,1-4H3. The molecule has 0 aliphatic heterocycles. The summed E-state index contributed by atoms with van der Waals surface area (Å²) in [5.41, 5.74) is 1.40. The van der Waals surface area contributed by atoms with Gasteiger partial charge in [0.2, 0.25) is 10.0 Å². The van der Waals surface area contributed by atoms with E-state index in [1.54, 1.807) is 19.1 Å². The molecule has 0 saturated carbocycles. The minimum atomic E-state index is -3.40. The zero-order valence-corrected chi connectivity index (χ0v) is 12.0. The van der Waals surface area contributed by atoms with Crippen LogP contribution >= 0.6 is 0 Å². The first-order chi connectivity index (χ1) is 8.35. The maximum atomic E-state index is 11.9. The Labute approximate surface area is 109 Å². The lowest BCUT2D eigenvalue weighted by Gasteiger charge is -2.19. The molecule has 1 N–H and O–H groups in total. The third-order valence-electron chi connectivity index (χ3n) is 2.51. The van der Waals surface area contributed by atoms with Crippen molar-refractivity contribution in [2.24, 2.45) is 0 Å². The molecule has 0 spiro atoms. The summed E-state index contributed by atoms with van der Waals surface area (Å²) in [6.45, 7) is 1.72. The van der Waals surface area contributed by atoms with E-state index in [2.05, 4.69) is 4.72 Å². The van der Waals surface area contributed by atoms with E-state index < -0.39 is 10.0 Å². The van der Waals surface area contributed by atoms with Crippen LogP contribution in [0, 0.1) is 0 Å². The van der Waals surface area contributed by atoms with E-state index in [1.165, 1.54) is 7.11 Å². The molecule has 0 bridgehead atoms. The van der Waals surface area contributed by atoms with Gasteiger partial charge in [-0.3, -0.25) is 4.72 Å². The van der Waals surface area contributed by atoms with Crippen molar-refractivity contribution < 1.29 is 13.2 Å². The van der Waals surface area contributed by atoms with E-state index >= 15 is 0 Å². The molecule has 0 aromatic heterocycles. The van der Waals surface area contributed by atoms with Crippen LogP contribution < -0.4 is 9.62 Å². The monoisotopic (exact) mass is 272 g/mol. The highest BCUT2D eigenvalue weighted by molar-refractivity contribution is 7.92.